The van der Waals surface area contributed by atoms with Gasteiger partial charge in [-0.1, -0.05) is 18.2 Å². The number of nitrogens with one attached hydrogen (secondary N) is 1. The lowest BCUT2D eigenvalue weighted by molar-refractivity contribution is 0.102. The van der Waals surface area contributed by atoms with Crippen molar-refractivity contribution in [3.05, 3.63) is 64.6 Å². The minimum atomic E-state index is -0.306. The monoisotopic (exact) mass is 338 g/mol. The first-order valence-electron chi connectivity index (χ1n) is 7.67. The van der Waals surface area contributed by atoms with Crippen LogP contribution in [0.1, 0.15) is 10.4 Å². The molecule has 6 heteroatoms. The van der Waals surface area contributed by atoms with Gasteiger partial charge in [-0.05, 0) is 18.2 Å². The number of anilines is 1. The molecule has 2 aromatic carbocycles. The number of hydrogen-bond donors (Lipinski definition) is 1. The summed E-state index contributed by atoms with van der Waals surface area (Å²) in [5.74, 6) is 0.790. The van der Waals surface area contributed by atoms with Gasteiger partial charge in [-0.25, -0.2) is 0 Å². The second kappa shape index (κ2) is 6.68. The number of rotatable bonds is 4. The molecule has 0 unspecified atom stereocenters. The van der Waals surface area contributed by atoms with Gasteiger partial charge in [0.2, 0.25) is 0 Å². The first-order valence-corrected chi connectivity index (χ1v) is 7.67. The number of carbonyl (C=O) groups excluding carboxylic acids is 1. The van der Waals surface area contributed by atoms with Gasteiger partial charge in [-0.2, -0.15) is 0 Å². The smallest absolute Gasteiger partial charge is 0.258 e. The molecule has 1 N–H and O–H groups in total. The first-order chi connectivity index (χ1) is 12.0. The van der Waals surface area contributed by atoms with Crippen molar-refractivity contribution in [3.63, 3.8) is 0 Å². The zero-order valence-electron chi connectivity index (χ0n) is 14.2. The second-order valence-corrected chi connectivity index (χ2v) is 5.53. The molecular formula is C19H18N2O4. The number of carbonyl (C=O) groups is 1. The fourth-order valence-electron chi connectivity index (χ4n) is 2.71. The summed E-state index contributed by atoms with van der Waals surface area (Å²) < 4.78 is 11.8. The highest BCUT2D eigenvalue weighted by Crippen LogP contribution is 2.30. The summed E-state index contributed by atoms with van der Waals surface area (Å²) in [6.07, 6.45) is 1.54. The van der Waals surface area contributed by atoms with Crippen LogP contribution in [0.25, 0.3) is 10.8 Å². The Bertz CT molecular complexity index is 1010. The van der Waals surface area contributed by atoms with Crippen LogP contribution >= 0.6 is 0 Å². The average molecular weight is 338 g/mol. The van der Waals surface area contributed by atoms with Crippen molar-refractivity contribution < 1.29 is 14.3 Å². The van der Waals surface area contributed by atoms with Gasteiger partial charge in [0.25, 0.3) is 11.5 Å². The van der Waals surface area contributed by atoms with Crippen molar-refractivity contribution in [2.75, 3.05) is 19.5 Å². The third-order valence-electron chi connectivity index (χ3n) is 3.98. The zero-order valence-corrected chi connectivity index (χ0v) is 14.2. The highest BCUT2D eigenvalue weighted by Gasteiger charge is 2.14. The third kappa shape index (κ3) is 3.06. The molecular weight excluding hydrogens is 320 g/mol. The predicted octanol–water partition coefficient (Wildman–Crippen LogP) is 2.81. The molecule has 3 rings (SSSR count). The van der Waals surface area contributed by atoms with E-state index in [-0.39, 0.29) is 11.5 Å². The molecule has 1 aromatic heterocycles. The molecule has 0 aliphatic heterocycles. The van der Waals surface area contributed by atoms with Crippen LogP contribution in [0, 0.1) is 0 Å². The molecule has 0 saturated heterocycles. The summed E-state index contributed by atoms with van der Waals surface area (Å²) in [5, 5.41) is 3.95. The maximum Gasteiger partial charge on any atom is 0.258 e. The minimum Gasteiger partial charge on any atom is -0.493 e. The summed E-state index contributed by atoms with van der Waals surface area (Å²) in [5.41, 5.74) is 0.853. The lowest BCUT2D eigenvalue weighted by Gasteiger charge is -2.12. The van der Waals surface area contributed by atoms with Gasteiger partial charge in [-0.3, -0.25) is 9.59 Å². The number of benzene rings is 2. The largest absolute Gasteiger partial charge is 0.493 e. The molecule has 0 saturated carbocycles. The van der Waals surface area contributed by atoms with E-state index in [1.807, 2.05) is 0 Å². The van der Waals surface area contributed by atoms with Crippen molar-refractivity contribution in [1.29, 1.82) is 0 Å². The Morgan fingerprint density at radius 1 is 1.00 bits per heavy atom. The normalized spacial score (nSPS) is 10.5. The molecule has 25 heavy (non-hydrogen) atoms. The van der Waals surface area contributed by atoms with Gasteiger partial charge in [0.05, 0.1) is 19.8 Å². The number of nitrogens with zero attached hydrogens (tertiary/aromatic N) is 1. The summed E-state index contributed by atoms with van der Waals surface area (Å²) >= 11 is 0. The number of methoxy groups -OCH3 is 2. The van der Waals surface area contributed by atoms with Crippen LogP contribution in [0.4, 0.5) is 5.69 Å². The molecule has 0 bridgehead atoms. The van der Waals surface area contributed by atoms with E-state index in [4.69, 9.17) is 9.47 Å². The molecule has 0 atom stereocenters. The van der Waals surface area contributed by atoms with E-state index in [0.717, 1.165) is 0 Å². The lowest BCUT2D eigenvalue weighted by atomic mass is 10.1. The Labute approximate surface area is 144 Å². The van der Waals surface area contributed by atoms with Crippen molar-refractivity contribution >= 4 is 22.4 Å². The van der Waals surface area contributed by atoms with Crippen LogP contribution in [-0.4, -0.2) is 24.7 Å². The molecule has 0 radical (unpaired) electrons. The number of aromatic nitrogens is 1. The average Bonchev–Trinajstić information content (AvgIpc) is 2.64. The van der Waals surface area contributed by atoms with Crippen LogP contribution < -0.4 is 20.3 Å². The molecule has 6 nitrogen and oxygen atoms in total. The van der Waals surface area contributed by atoms with Gasteiger partial charge in [0, 0.05) is 35.8 Å². The molecule has 128 valence electrons. The Morgan fingerprint density at radius 2 is 1.68 bits per heavy atom. The SMILES string of the molecule is COc1ccc(NC(=O)c2cn(C)c(=O)c3ccccc23)cc1OC. The minimum absolute atomic E-state index is 0.140. The maximum absolute atomic E-state index is 12.7. The van der Waals surface area contributed by atoms with E-state index >= 15 is 0 Å². The molecule has 0 fully saturated rings. The topological polar surface area (TPSA) is 69.6 Å². The summed E-state index contributed by atoms with van der Waals surface area (Å²) in [6.45, 7) is 0. The van der Waals surface area contributed by atoms with Crippen LogP contribution in [0.15, 0.2) is 53.5 Å². The van der Waals surface area contributed by atoms with E-state index in [2.05, 4.69) is 5.32 Å². The molecule has 0 aliphatic rings. The second-order valence-electron chi connectivity index (χ2n) is 5.53. The molecule has 0 aliphatic carbocycles. The van der Waals surface area contributed by atoms with Gasteiger partial charge in [-0.15, -0.1) is 0 Å². The van der Waals surface area contributed by atoms with Gasteiger partial charge < -0.3 is 19.4 Å². The van der Waals surface area contributed by atoms with E-state index < -0.39 is 0 Å². The van der Waals surface area contributed by atoms with E-state index in [0.29, 0.717) is 33.5 Å². The Kier molecular flexibility index (Phi) is 4.43. The first kappa shape index (κ1) is 16.6. The molecule has 0 spiro atoms. The van der Waals surface area contributed by atoms with E-state index in [9.17, 15) is 9.59 Å². The molecule has 1 amide bonds. The van der Waals surface area contributed by atoms with Crippen molar-refractivity contribution in [1.82, 2.24) is 4.57 Å². The van der Waals surface area contributed by atoms with Crippen LogP contribution in [0.3, 0.4) is 0 Å². The highest BCUT2D eigenvalue weighted by molar-refractivity contribution is 6.12. The fraction of sp³-hybridized carbons (Fsp3) is 0.158. The standard InChI is InChI=1S/C19H18N2O4/c1-21-11-15(13-6-4-5-7-14(13)19(21)23)18(22)20-12-8-9-16(24-2)17(10-12)25-3/h4-11H,1-3H3,(H,20,22). The summed E-state index contributed by atoms with van der Waals surface area (Å²) in [6, 6.07) is 12.2. The van der Waals surface area contributed by atoms with Crippen LogP contribution in [0.2, 0.25) is 0 Å². The number of pyridine rings is 1. The number of fused-ring (bicyclic) bond motifs is 1. The van der Waals surface area contributed by atoms with Crippen LogP contribution in [0.5, 0.6) is 11.5 Å². The van der Waals surface area contributed by atoms with Crippen molar-refractivity contribution in [3.8, 4) is 11.5 Å². The Morgan fingerprint density at radius 3 is 2.36 bits per heavy atom. The maximum atomic E-state index is 12.7. The number of hydrogen-bond acceptors (Lipinski definition) is 4. The lowest BCUT2D eigenvalue weighted by Crippen LogP contribution is -2.21. The van der Waals surface area contributed by atoms with Gasteiger partial charge in [0.15, 0.2) is 11.5 Å². The molecule has 3 aromatic rings. The Balaban J connectivity index is 2.01. The fourth-order valence-corrected chi connectivity index (χ4v) is 2.71. The third-order valence-corrected chi connectivity index (χ3v) is 3.98. The van der Waals surface area contributed by atoms with Crippen LogP contribution in [-0.2, 0) is 7.05 Å². The predicted molar refractivity (Wildman–Crippen MR) is 96.7 cm³/mol. The summed E-state index contributed by atoms with van der Waals surface area (Å²) in [4.78, 5) is 25.0. The summed E-state index contributed by atoms with van der Waals surface area (Å²) in [7, 11) is 4.71. The van der Waals surface area contributed by atoms with Crippen molar-refractivity contribution in [2.45, 2.75) is 0 Å². The number of amides is 1. The number of aryl methyl sites for hydroxylation is 1. The zero-order chi connectivity index (χ0) is 18.0. The van der Waals surface area contributed by atoms with Gasteiger partial charge in [0.1, 0.15) is 0 Å². The van der Waals surface area contributed by atoms with Gasteiger partial charge >= 0.3 is 0 Å². The van der Waals surface area contributed by atoms with E-state index in [1.165, 1.54) is 11.7 Å². The quantitative estimate of drug-likeness (QED) is 0.794. The highest BCUT2D eigenvalue weighted by atomic mass is 16.5. The Hall–Kier alpha value is -3.28. The molecule has 1 heterocycles. The van der Waals surface area contributed by atoms with Crippen molar-refractivity contribution in [2.24, 2.45) is 7.05 Å². The number of ether oxygens (including phenoxy) is 2. The van der Waals surface area contributed by atoms with E-state index in [1.54, 1.807) is 62.8 Å².